The molecule has 0 aliphatic rings. The maximum atomic E-state index is 13.0. The summed E-state index contributed by atoms with van der Waals surface area (Å²) in [5, 5.41) is 0.814. The van der Waals surface area contributed by atoms with Crippen molar-refractivity contribution in [2.45, 2.75) is 26.3 Å². The van der Waals surface area contributed by atoms with Crippen molar-refractivity contribution in [2.24, 2.45) is 5.73 Å². The number of hydrogen-bond acceptors (Lipinski definition) is 2. The summed E-state index contributed by atoms with van der Waals surface area (Å²) < 4.78 is 18.7. The highest BCUT2D eigenvalue weighted by Gasteiger charge is 2.15. The molecule has 0 aliphatic heterocycles. The Bertz CT molecular complexity index is 490. The Kier molecular flexibility index (Phi) is 2.49. The van der Waals surface area contributed by atoms with Crippen LogP contribution >= 0.6 is 0 Å². The lowest BCUT2D eigenvalue weighted by atomic mass is 10.1. The highest BCUT2D eigenvalue weighted by Crippen LogP contribution is 2.29. The van der Waals surface area contributed by atoms with Gasteiger partial charge >= 0.3 is 0 Å². The van der Waals surface area contributed by atoms with Crippen LogP contribution in [0.2, 0.25) is 0 Å². The molecule has 3 heteroatoms. The number of benzene rings is 1. The topological polar surface area (TPSA) is 39.2 Å². The minimum absolute atomic E-state index is 0.111. The Balaban J connectivity index is 2.64. The average molecular weight is 207 g/mol. The molecule has 80 valence electrons. The van der Waals surface area contributed by atoms with Gasteiger partial charge in [0.15, 0.2) is 0 Å². The number of aryl methyl sites for hydroxylation is 1. The van der Waals surface area contributed by atoms with E-state index in [0.29, 0.717) is 5.58 Å². The quantitative estimate of drug-likeness (QED) is 0.820. The number of halogens is 1. The fourth-order valence-electron chi connectivity index (χ4n) is 1.75. The molecule has 1 heterocycles. The van der Waals surface area contributed by atoms with Crippen LogP contribution in [0.25, 0.3) is 11.0 Å². The van der Waals surface area contributed by atoms with Crippen molar-refractivity contribution in [3.8, 4) is 0 Å². The van der Waals surface area contributed by atoms with Crippen LogP contribution < -0.4 is 5.73 Å². The monoisotopic (exact) mass is 207 g/mol. The number of furan rings is 1. The molecule has 0 radical (unpaired) electrons. The summed E-state index contributed by atoms with van der Waals surface area (Å²) in [6, 6.07) is 4.41. The van der Waals surface area contributed by atoms with Gasteiger partial charge in [-0.15, -0.1) is 0 Å². The number of nitrogens with two attached hydrogens (primary N) is 1. The summed E-state index contributed by atoms with van der Waals surface area (Å²) in [4.78, 5) is 0. The molecule has 0 bridgehead atoms. The lowest BCUT2D eigenvalue weighted by molar-refractivity contribution is 0.484. The van der Waals surface area contributed by atoms with Crippen molar-refractivity contribution < 1.29 is 8.81 Å². The van der Waals surface area contributed by atoms with E-state index in [2.05, 4.69) is 0 Å². The Hall–Kier alpha value is -1.35. The van der Waals surface area contributed by atoms with Crippen molar-refractivity contribution in [3.63, 3.8) is 0 Å². The molecular formula is C12H14FNO. The van der Waals surface area contributed by atoms with Crippen LogP contribution in [0.1, 0.15) is 30.7 Å². The second kappa shape index (κ2) is 3.66. The molecule has 2 aromatic rings. The van der Waals surface area contributed by atoms with Gasteiger partial charge in [0, 0.05) is 10.9 Å². The first-order chi connectivity index (χ1) is 7.13. The fraction of sp³-hybridized carbons (Fsp3) is 0.333. The van der Waals surface area contributed by atoms with Crippen LogP contribution in [0.15, 0.2) is 22.6 Å². The molecule has 0 fully saturated rings. The third-order valence-corrected chi connectivity index (χ3v) is 2.71. The smallest absolute Gasteiger partial charge is 0.134 e. The fourth-order valence-corrected chi connectivity index (χ4v) is 1.75. The molecule has 0 saturated carbocycles. The van der Waals surface area contributed by atoms with Crippen molar-refractivity contribution in [3.05, 3.63) is 35.3 Å². The molecular weight excluding hydrogens is 193 g/mol. The second-order valence-electron chi connectivity index (χ2n) is 3.75. The molecule has 2 rings (SSSR count). The van der Waals surface area contributed by atoms with Crippen LogP contribution in [0.5, 0.6) is 0 Å². The normalized spacial score (nSPS) is 13.3. The third kappa shape index (κ3) is 1.63. The van der Waals surface area contributed by atoms with Gasteiger partial charge in [-0.3, -0.25) is 0 Å². The highest BCUT2D eigenvalue weighted by molar-refractivity contribution is 5.82. The minimum atomic E-state index is -0.247. The molecule has 1 aromatic heterocycles. The van der Waals surface area contributed by atoms with Crippen molar-refractivity contribution in [1.29, 1.82) is 0 Å². The van der Waals surface area contributed by atoms with Gasteiger partial charge in [-0.2, -0.15) is 0 Å². The lowest BCUT2D eigenvalue weighted by Gasteiger charge is -2.05. The maximum Gasteiger partial charge on any atom is 0.134 e. The first-order valence-electron chi connectivity index (χ1n) is 5.07. The zero-order chi connectivity index (χ0) is 11.0. The van der Waals surface area contributed by atoms with Crippen LogP contribution in [-0.4, -0.2) is 0 Å². The SMILES string of the molecule is CCC(N)c1oc2ccc(F)cc2c1C. The largest absolute Gasteiger partial charge is 0.459 e. The van der Waals surface area contributed by atoms with Gasteiger partial charge < -0.3 is 10.2 Å². The van der Waals surface area contributed by atoms with Gasteiger partial charge in [0.1, 0.15) is 17.2 Å². The number of rotatable bonds is 2. The van der Waals surface area contributed by atoms with Crippen molar-refractivity contribution >= 4 is 11.0 Å². The number of hydrogen-bond donors (Lipinski definition) is 1. The molecule has 1 unspecified atom stereocenters. The standard InChI is InChI=1S/C12H14FNO/c1-3-10(14)12-7(2)9-6-8(13)4-5-11(9)15-12/h4-6,10H,3,14H2,1-2H3. The minimum Gasteiger partial charge on any atom is -0.459 e. The van der Waals surface area contributed by atoms with Gasteiger partial charge in [-0.25, -0.2) is 4.39 Å². The zero-order valence-corrected chi connectivity index (χ0v) is 8.88. The highest BCUT2D eigenvalue weighted by atomic mass is 19.1. The number of fused-ring (bicyclic) bond motifs is 1. The zero-order valence-electron chi connectivity index (χ0n) is 8.88. The summed E-state index contributed by atoms with van der Waals surface area (Å²) in [7, 11) is 0. The second-order valence-corrected chi connectivity index (χ2v) is 3.75. The van der Waals surface area contributed by atoms with E-state index in [1.165, 1.54) is 12.1 Å². The third-order valence-electron chi connectivity index (χ3n) is 2.71. The van der Waals surface area contributed by atoms with Gasteiger partial charge in [-0.1, -0.05) is 6.92 Å². The maximum absolute atomic E-state index is 13.0. The van der Waals surface area contributed by atoms with Gasteiger partial charge in [0.25, 0.3) is 0 Å². The van der Waals surface area contributed by atoms with E-state index in [1.54, 1.807) is 6.07 Å². The van der Waals surface area contributed by atoms with E-state index in [0.717, 1.165) is 23.1 Å². The van der Waals surface area contributed by atoms with Crippen LogP contribution in [0.3, 0.4) is 0 Å². The summed E-state index contributed by atoms with van der Waals surface area (Å²) in [5.74, 6) is 0.515. The summed E-state index contributed by atoms with van der Waals surface area (Å²) >= 11 is 0. The molecule has 15 heavy (non-hydrogen) atoms. The molecule has 2 nitrogen and oxygen atoms in total. The van der Waals surface area contributed by atoms with E-state index >= 15 is 0 Å². The Morgan fingerprint density at radius 2 is 2.20 bits per heavy atom. The molecule has 0 aliphatic carbocycles. The van der Waals surface area contributed by atoms with E-state index in [4.69, 9.17) is 10.2 Å². The van der Waals surface area contributed by atoms with Crippen molar-refractivity contribution in [1.82, 2.24) is 0 Å². The predicted octanol–water partition coefficient (Wildman–Crippen LogP) is 3.29. The van der Waals surface area contributed by atoms with E-state index in [9.17, 15) is 4.39 Å². The first kappa shape index (κ1) is 10.2. The average Bonchev–Trinajstić information content (AvgIpc) is 2.55. The Morgan fingerprint density at radius 1 is 1.47 bits per heavy atom. The van der Waals surface area contributed by atoms with Crippen LogP contribution in [0, 0.1) is 12.7 Å². The summed E-state index contributed by atoms with van der Waals surface area (Å²) in [6.07, 6.45) is 0.809. The molecule has 2 N–H and O–H groups in total. The molecule has 0 spiro atoms. The lowest BCUT2D eigenvalue weighted by Crippen LogP contribution is -2.08. The molecule has 0 saturated heterocycles. The molecule has 0 amide bonds. The Labute approximate surface area is 87.9 Å². The van der Waals surface area contributed by atoms with Gasteiger partial charge in [-0.05, 0) is 31.5 Å². The molecule has 1 atom stereocenters. The first-order valence-corrected chi connectivity index (χ1v) is 5.07. The Morgan fingerprint density at radius 3 is 2.87 bits per heavy atom. The van der Waals surface area contributed by atoms with E-state index in [-0.39, 0.29) is 11.9 Å². The van der Waals surface area contributed by atoms with E-state index < -0.39 is 0 Å². The van der Waals surface area contributed by atoms with Gasteiger partial charge in [0.2, 0.25) is 0 Å². The van der Waals surface area contributed by atoms with Gasteiger partial charge in [0.05, 0.1) is 6.04 Å². The van der Waals surface area contributed by atoms with E-state index in [1.807, 2.05) is 13.8 Å². The van der Waals surface area contributed by atoms with Crippen LogP contribution in [-0.2, 0) is 0 Å². The summed E-state index contributed by atoms with van der Waals surface area (Å²) in [5.41, 5.74) is 7.55. The van der Waals surface area contributed by atoms with Crippen LogP contribution in [0.4, 0.5) is 4.39 Å². The predicted molar refractivity (Wildman–Crippen MR) is 58.1 cm³/mol. The summed E-state index contributed by atoms with van der Waals surface area (Å²) in [6.45, 7) is 3.91. The molecule has 1 aromatic carbocycles. The van der Waals surface area contributed by atoms with Crippen molar-refractivity contribution in [2.75, 3.05) is 0 Å².